The second-order valence-electron chi connectivity index (χ2n) is 13.3. The van der Waals surface area contributed by atoms with Gasteiger partial charge in [-0.2, -0.15) is 13.2 Å². The van der Waals surface area contributed by atoms with E-state index >= 15 is 0 Å². The number of rotatable bonds is 6. The number of ether oxygens (including phenoxy) is 3. The molecule has 4 amide bonds. The van der Waals surface area contributed by atoms with Gasteiger partial charge in [-0.15, -0.1) is 0 Å². The summed E-state index contributed by atoms with van der Waals surface area (Å²) >= 11 is 0. The molecule has 2 aliphatic heterocycles. The average Bonchev–Trinajstić information content (AvgIpc) is 3.46. The van der Waals surface area contributed by atoms with E-state index in [0.29, 0.717) is 35.9 Å². The number of alkyl carbamates (subject to hydrolysis) is 1. The molecular weight excluding hydrogens is 619 g/mol. The van der Waals surface area contributed by atoms with Crippen molar-refractivity contribution in [1.82, 2.24) is 15.6 Å². The number of hydrogen-bond donors (Lipinski definition) is 4. The Hall–Kier alpha value is -5.01. The second kappa shape index (κ2) is 11.4. The highest BCUT2D eigenvalue weighted by atomic mass is 19.4. The van der Waals surface area contributed by atoms with E-state index in [2.05, 4.69) is 26.3 Å². The molecule has 6 rings (SSSR count). The lowest BCUT2D eigenvalue weighted by molar-refractivity contribution is -0.137. The molecule has 3 atom stereocenters. The summed E-state index contributed by atoms with van der Waals surface area (Å²) in [6.07, 6.45) is -3.47. The molecule has 1 fully saturated rings. The van der Waals surface area contributed by atoms with Crippen molar-refractivity contribution < 1.29 is 41.8 Å². The number of anilines is 2. The topological polar surface area (TPSA) is 140 Å². The fourth-order valence-electron chi connectivity index (χ4n) is 5.73. The first-order chi connectivity index (χ1) is 22.0. The van der Waals surface area contributed by atoms with Crippen LogP contribution in [0.4, 0.5) is 34.3 Å². The second-order valence-corrected chi connectivity index (χ2v) is 13.3. The number of pyridine rings is 1. The molecule has 3 aliphatic rings. The van der Waals surface area contributed by atoms with Crippen molar-refractivity contribution in [2.45, 2.75) is 82.8 Å². The standard InChI is InChI=1S/C33H34F3N5O6/c1-31(2,3)47-30(44)41-32(4,5)16-12-17(33(34,35)36)14-18(13-16)38-29(43)40-26-25-21-15-19(6-8-22(21)46-27(25)26)45-23-10-11-37-28-20(23)7-9-24(42)39-28/h6,8,10-15,25-27H,7,9H2,1-5H3,(H,41,44)(H,37,39,42)(H2,38,40,43)/t25-,26-,27-/m0/s1. The fraction of sp³-hybridized carbons (Fsp3) is 0.394. The van der Waals surface area contributed by atoms with Crippen LogP contribution in [0.15, 0.2) is 48.7 Å². The van der Waals surface area contributed by atoms with E-state index in [4.69, 9.17) is 14.2 Å². The van der Waals surface area contributed by atoms with Gasteiger partial charge in [0.05, 0.1) is 23.1 Å². The number of benzene rings is 2. The number of nitrogens with one attached hydrogen (secondary N) is 4. The summed E-state index contributed by atoms with van der Waals surface area (Å²) in [5.41, 5.74) is -1.44. The van der Waals surface area contributed by atoms with E-state index in [1.54, 1.807) is 45.2 Å². The van der Waals surface area contributed by atoms with Crippen LogP contribution in [0, 0.1) is 0 Å². The third-order valence-electron chi connectivity index (χ3n) is 8.01. The number of carbonyl (C=O) groups excluding carboxylic acids is 3. The highest BCUT2D eigenvalue weighted by molar-refractivity contribution is 5.93. The first-order valence-electron chi connectivity index (χ1n) is 15.0. The normalized spacial score (nSPS) is 19.7. The number of halogens is 3. The number of nitrogens with zero attached hydrogens (tertiary/aromatic N) is 1. The lowest BCUT2D eigenvalue weighted by Crippen LogP contribution is -2.44. The molecule has 3 aromatic rings. The van der Waals surface area contributed by atoms with Crippen molar-refractivity contribution >= 4 is 29.5 Å². The molecule has 3 heterocycles. The Morgan fingerprint density at radius 1 is 1.00 bits per heavy atom. The minimum atomic E-state index is -4.71. The van der Waals surface area contributed by atoms with Crippen molar-refractivity contribution in [3.8, 4) is 17.2 Å². The van der Waals surface area contributed by atoms with Crippen LogP contribution in [-0.2, 0) is 27.7 Å². The zero-order valence-electron chi connectivity index (χ0n) is 26.3. The first-order valence-corrected chi connectivity index (χ1v) is 15.0. The van der Waals surface area contributed by atoms with Gasteiger partial charge in [-0.05, 0) is 89.1 Å². The maximum atomic E-state index is 13.9. The van der Waals surface area contributed by atoms with E-state index < -0.39 is 41.0 Å². The minimum Gasteiger partial charge on any atom is -0.487 e. The lowest BCUT2D eigenvalue weighted by Gasteiger charge is -2.30. The van der Waals surface area contributed by atoms with Gasteiger partial charge >= 0.3 is 18.3 Å². The SMILES string of the molecule is CC(C)(C)OC(=O)NC(C)(C)c1cc(NC(=O)N[C@@H]2[C@H]3Oc4ccc(Oc5ccnc6c5CCC(=O)N6)cc4[C@@H]23)cc(C(F)(F)F)c1. The third kappa shape index (κ3) is 6.91. The largest absolute Gasteiger partial charge is 0.487 e. The summed E-state index contributed by atoms with van der Waals surface area (Å²) in [6.45, 7) is 8.09. The Bertz CT molecular complexity index is 1770. The molecule has 0 unspecified atom stereocenters. The van der Waals surface area contributed by atoms with Crippen molar-refractivity contribution in [2.24, 2.45) is 0 Å². The van der Waals surface area contributed by atoms with Crippen LogP contribution in [0.1, 0.15) is 69.2 Å². The Morgan fingerprint density at radius 2 is 1.74 bits per heavy atom. The summed E-state index contributed by atoms with van der Waals surface area (Å²) in [5.74, 6) is 1.94. The Labute approximate surface area is 268 Å². The van der Waals surface area contributed by atoms with Gasteiger partial charge < -0.3 is 35.5 Å². The van der Waals surface area contributed by atoms with Crippen LogP contribution in [0.5, 0.6) is 17.2 Å². The number of urea groups is 1. The molecule has 4 N–H and O–H groups in total. The summed E-state index contributed by atoms with van der Waals surface area (Å²) in [5, 5.41) is 10.7. The summed E-state index contributed by atoms with van der Waals surface area (Å²) < 4.78 is 59.0. The molecule has 14 heteroatoms. The maximum Gasteiger partial charge on any atom is 0.416 e. The molecule has 11 nitrogen and oxygen atoms in total. The lowest BCUT2D eigenvalue weighted by atomic mass is 9.92. The van der Waals surface area contributed by atoms with Gasteiger partial charge in [-0.3, -0.25) is 4.79 Å². The van der Waals surface area contributed by atoms with Gasteiger partial charge in [0.2, 0.25) is 5.91 Å². The highest BCUT2D eigenvalue weighted by Gasteiger charge is 2.59. The molecule has 0 radical (unpaired) electrons. The smallest absolute Gasteiger partial charge is 0.416 e. The van der Waals surface area contributed by atoms with Gasteiger partial charge in [0.25, 0.3) is 0 Å². The molecule has 0 bridgehead atoms. The maximum absolute atomic E-state index is 13.9. The van der Waals surface area contributed by atoms with Crippen molar-refractivity contribution in [3.05, 3.63) is 70.9 Å². The minimum absolute atomic E-state index is 0.105. The number of alkyl halides is 3. The number of fused-ring (bicyclic) bond motifs is 4. The molecule has 1 saturated carbocycles. The van der Waals surface area contributed by atoms with Crippen molar-refractivity contribution in [3.63, 3.8) is 0 Å². The van der Waals surface area contributed by atoms with E-state index in [1.807, 2.05) is 6.07 Å². The monoisotopic (exact) mass is 653 g/mol. The average molecular weight is 654 g/mol. The summed E-state index contributed by atoms with van der Waals surface area (Å²) in [7, 11) is 0. The summed E-state index contributed by atoms with van der Waals surface area (Å²) in [6, 6.07) is 9.09. The molecule has 2 aromatic carbocycles. The zero-order chi connectivity index (χ0) is 33.9. The van der Waals surface area contributed by atoms with Crippen LogP contribution < -0.4 is 30.7 Å². The number of hydrogen-bond acceptors (Lipinski definition) is 7. The van der Waals surface area contributed by atoms with E-state index in [1.165, 1.54) is 19.9 Å². The summed E-state index contributed by atoms with van der Waals surface area (Å²) in [4.78, 5) is 41.4. The number of aromatic nitrogens is 1. The molecule has 1 aromatic heterocycles. The van der Waals surface area contributed by atoms with Crippen LogP contribution in [0.3, 0.4) is 0 Å². The molecule has 0 spiro atoms. The van der Waals surface area contributed by atoms with Crippen LogP contribution >= 0.6 is 0 Å². The van der Waals surface area contributed by atoms with Crippen molar-refractivity contribution in [2.75, 3.05) is 10.6 Å². The quantitative estimate of drug-likeness (QED) is 0.236. The molecular formula is C33H34F3N5O6. The Kier molecular flexibility index (Phi) is 7.72. The Morgan fingerprint density at radius 3 is 2.47 bits per heavy atom. The predicted octanol–water partition coefficient (Wildman–Crippen LogP) is 6.59. The van der Waals surface area contributed by atoms with E-state index in [9.17, 15) is 27.6 Å². The van der Waals surface area contributed by atoms with Gasteiger partial charge in [0.1, 0.15) is 34.8 Å². The van der Waals surface area contributed by atoms with Crippen LogP contribution in [0.2, 0.25) is 0 Å². The zero-order valence-corrected chi connectivity index (χ0v) is 26.3. The molecule has 248 valence electrons. The van der Waals surface area contributed by atoms with E-state index in [-0.39, 0.29) is 29.2 Å². The van der Waals surface area contributed by atoms with Gasteiger partial charge in [0, 0.05) is 29.4 Å². The molecule has 0 saturated heterocycles. The highest BCUT2D eigenvalue weighted by Crippen LogP contribution is 2.54. The Balaban J connectivity index is 1.14. The van der Waals surface area contributed by atoms with Crippen LogP contribution in [0.25, 0.3) is 0 Å². The first kappa shape index (κ1) is 32.0. The number of amides is 4. The fourth-order valence-corrected chi connectivity index (χ4v) is 5.73. The van der Waals surface area contributed by atoms with E-state index in [0.717, 1.165) is 23.3 Å². The van der Waals surface area contributed by atoms with Crippen molar-refractivity contribution in [1.29, 1.82) is 0 Å². The van der Waals surface area contributed by atoms with Gasteiger partial charge in [0.15, 0.2) is 0 Å². The molecule has 1 aliphatic carbocycles. The van der Waals surface area contributed by atoms with Gasteiger partial charge in [-0.25, -0.2) is 14.6 Å². The predicted molar refractivity (Wildman–Crippen MR) is 165 cm³/mol. The number of carbonyl (C=O) groups is 3. The molecule has 47 heavy (non-hydrogen) atoms. The van der Waals surface area contributed by atoms with Gasteiger partial charge in [-0.1, -0.05) is 0 Å². The van der Waals surface area contributed by atoms with Crippen LogP contribution in [-0.4, -0.2) is 40.8 Å². The third-order valence-corrected chi connectivity index (χ3v) is 8.01.